The van der Waals surface area contributed by atoms with Crippen LogP contribution < -0.4 is 11.0 Å². The molecule has 0 aliphatic carbocycles. The number of hydrogen-bond donors (Lipinski definition) is 2. The number of aryl methyl sites for hydroxylation is 1. The van der Waals surface area contributed by atoms with Gasteiger partial charge in [0.25, 0.3) is 0 Å². The fraction of sp³-hybridized carbons (Fsp3) is 0.500. The molecular formula is C20H24N4O5. The number of likely N-dealkylation sites (tertiary alicyclic amines) is 1. The van der Waals surface area contributed by atoms with E-state index in [1.165, 1.54) is 4.57 Å². The smallest absolute Gasteiger partial charge is 0.329 e. The van der Waals surface area contributed by atoms with Gasteiger partial charge >= 0.3 is 11.7 Å². The molecule has 2 saturated heterocycles. The number of carbonyl (C=O) groups is 3. The summed E-state index contributed by atoms with van der Waals surface area (Å²) in [4.78, 5) is 49.4. The molecule has 9 heteroatoms. The second kappa shape index (κ2) is 7.47. The molecule has 1 aromatic carbocycles. The fourth-order valence-corrected chi connectivity index (χ4v) is 4.48. The number of rotatable bonds is 4. The molecule has 0 saturated carbocycles. The predicted octanol–water partition coefficient (Wildman–Crippen LogP) is 0.582. The third kappa shape index (κ3) is 3.57. The summed E-state index contributed by atoms with van der Waals surface area (Å²) in [7, 11) is 1.69. The van der Waals surface area contributed by atoms with Crippen LogP contribution in [-0.4, -0.2) is 56.6 Å². The molecule has 2 amide bonds. The summed E-state index contributed by atoms with van der Waals surface area (Å²) in [5.41, 5.74) is 2.27. The normalized spacial score (nSPS) is 21.5. The average Bonchev–Trinajstić information content (AvgIpc) is 2.93. The number of benzene rings is 1. The molecule has 1 aromatic heterocycles. The van der Waals surface area contributed by atoms with E-state index in [-0.39, 0.29) is 24.6 Å². The molecule has 2 N–H and O–H groups in total. The maximum absolute atomic E-state index is 12.8. The number of imidazole rings is 1. The van der Waals surface area contributed by atoms with Gasteiger partial charge in [0.1, 0.15) is 6.04 Å². The molecule has 9 nitrogen and oxygen atoms in total. The van der Waals surface area contributed by atoms with Crippen molar-refractivity contribution in [3.63, 3.8) is 0 Å². The minimum atomic E-state index is -0.811. The van der Waals surface area contributed by atoms with Gasteiger partial charge in [-0.15, -0.1) is 0 Å². The molecule has 0 bridgehead atoms. The van der Waals surface area contributed by atoms with Crippen LogP contribution in [-0.2, 0) is 21.4 Å². The summed E-state index contributed by atoms with van der Waals surface area (Å²) in [5, 5.41) is 11.3. The summed E-state index contributed by atoms with van der Waals surface area (Å²) in [6.07, 6.45) is 2.25. The van der Waals surface area contributed by atoms with E-state index in [1.54, 1.807) is 11.6 Å². The number of nitrogens with zero attached hydrogens (tertiary/aromatic N) is 3. The van der Waals surface area contributed by atoms with Crippen molar-refractivity contribution >= 4 is 28.8 Å². The SMILES string of the molecule is Cn1c(=O)n([C@H]2CCC(=O)NC2=O)c2ccc(C3CCN(CC(=O)O)CC3)cc21. The molecule has 3 heterocycles. The van der Waals surface area contributed by atoms with Gasteiger partial charge in [0, 0.05) is 13.5 Å². The number of hydrogen-bond acceptors (Lipinski definition) is 5. The second-order valence-electron chi connectivity index (χ2n) is 7.87. The van der Waals surface area contributed by atoms with E-state index in [0.717, 1.165) is 37.0 Å². The van der Waals surface area contributed by atoms with E-state index >= 15 is 0 Å². The standard InChI is InChI=1S/C20H24N4O5/c1-22-16-10-13(12-6-8-23(9-7-12)11-18(26)27)2-3-14(16)24(20(22)29)15-4-5-17(25)21-19(15)28/h2-3,10,12,15H,4-9,11H2,1H3,(H,26,27)(H,21,25,28)/t15-/m0/s1. The van der Waals surface area contributed by atoms with Gasteiger partial charge in [0.05, 0.1) is 17.6 Å². The Morgan fingerprint density at radius 3 is 2.52 bits per heavy atom. The maximum atomic E-state index is 12.8. The first-order valence-corrected chi connectivity index (χ1v) is 9.84. The van der Waals surface area contributed by atoms with Crippen LogP contribution in [0.2, 0.25) is 0 Å². The molecule has 2 aromatic rings. The summed E-state index contributed by atoms with van der Waals surface area (Å²) in [5.74, 6) is -1.25. The van der Waals surface area contributed by atoms with Crippen LogP contribution in [0.15, 0.2) is 23.0 Å². The summed E-state index contributed by atoms with van der Waals surface area (Å²) in [6, 6.07) is 5.17. The van der Waals surface area contributed by atoms with Gasteiger partial charge in [-0.3, -0.25) is 33.7 Å². The lowest BCUT2D eigenvalue weighted by molar-refractivity contribution is -0.139. The van der Waals surface area contributed by atoms with Crippen molar-refractivity contribution in [1.29, 1.82) is 0 Å². The van der Waals surface area contributed by atoms with Gasteiger partial charge in [-0.1, -0.05) is 6.07 Å². The maximum Gasteiger partial charge on any atom is 0.329 e. The topological polar surface area (TPSA) is 114 Å². The molecule has 2 aliphatic heterocycles. The Kier molecular flexibility index (Phi) is 4.99. The number of imide groups is 1. The number of nitrogens with one attached hydrogen (secondary N) is 1. The van der Waals surface area contributed by atoms with Crippen molar-refractivity contribution in [2.45, 2.75) is 37.6 Å². The highest BCUT2D eigenvalue weighted by molar-refractivity contribution is 6.00. The lowest BCUT2D eigenvalue weighted by atomic mass is 9.89. The predicted molar refractivity (Wildman–Crippen MR) is 105 cm³/mol. The van der Waals surface area contributed by atoms with E-state index < -0.39 is 17.9 Å². The first kappa shape index (κ1) is 19.4. The second-order valence-corrected chi connectivity index (χ2v) is 7.87. The minimum absolute atomic E-state index is 0.0645. The Morgan fingerprint density at radius 2 is 1.86 bits per heavy atom. The monoisotopic (exact) mass is 400 g/mol. The molecule has 1 atom stereocenters. The van der Waals surface area contributed by atoms with Crippen molar-refractivity contribution in [2.75, 3.05) is 19.6 Å². The van der Waals surface area contributed by atoms with E-state index in [2.05, 4.69) is 5.32 Å². The highest BCUT2D eigenvalue weighted by Crippen LogP contribution is 2.31. The average molecular weight is 400 g/mol. The van der Waals surface area contributed by atoms with E-state index in [0.29, 0.717) is 17.9 Å². The van der Waals surface area contributed by atoms with Crippen LogP contribution in [0.5, 0.6) is 0 Å². The van der Waals surface area contributed by atoms with Crippen molar-refractivity contribution < 1.29 is 19.5 Å². The fourth-order valence-electron chi connectivity index (χ4n) is 4.48. The number of aliphatic carboxylic acids is 1. The van der Waals surface area contributed by atoms with Crippen LogP contribution in [0.4, 0.5) is 0 Å². The first-order valence-electron chi connectivity index (χ1n) is 9.84. The van der Waals surface area contributed by atoms with Gasteiger partial charge in [0.2, 0.25) is 11.8 Å². The molecule has 154 valence electrons. The van der Waals surface area contributed by atoms with Crippen molar-refractivity contribution in [1.82, 2.24) is 19.4 Å². The molecule has 0 spiro atoms. The summed E-state index contributed by atoms with van der Waals surface area (Å²) < 4.78 is 3.03. The van der Waals surface area contributed by atoms with Crippen LogP contribution in [0.3, 0.4) is 0 Å². The van der Waals surface area contributed by atoms with Gasteiger partial charge in [-0.2, -0.15) is 0 Å². The van der Waals surface area contributed by atoms with Crippen molar-refractivity contribution in [3.05, 3.63) is 34.2 Å². The Hall–Kier alpha value is -2.94. The molecule has 4 rings (SSSR count). The van der Waals surface area contributed by atoms with Crippen LogP contribution in [0, 0.1) is 0 Å². The minimum Gasteiger partial charge on any atom is -0.480 e. The first-order chi connectivity index (χ1) is 13.8. The Morgan fingerprint density at radius 1 is 1.14 bits per heavy atom. The highest BCUT2D eigenvalue weighted by Gasteiger charge is 2.31. The molecule has 2 fully saturated rings. The van der Waals surface area contributed by atoms with Crippen molar-refractivity contribution in [3.8, 4) is 0 Å². The van der Waals surface area contributed by atoms with Gasteiger partial charge in [-0.25, -0.2) is 4.79 Å². The number of carboxylic acids is 1. The lowest BCUT2D eigenvalue weighted by Gasteiger charge is -2.31. The Bertz CT molecular complexity index is 1050. The third-order valence-electron chi connectivity index (χ3n) is 6.05. The zero-order valence-electron chi connectivity index (χ0n) is 16.3. The third-order valence-corrected chi connectivity index (χ3v) is 6.05. The summed E-state index contributed by atoms with van der Waals surface area (Å²) in [6.45, 7) is 1.52. The number of carboxylic acid groups (broad SMARTS) is 1. The van der Waals surface area contributed by atoms with Crippen LogP contribution >= 0.6 is 0 Å². The van der Waals surface area contributed by atoms with Crippen molar-refractivity contribution in [2.24, 2.45) is 7.05 Å². The largest absolute Gasteiger partial charge is 0.480 e. The number of piperidine rings is 2. The van der Waals surface area contributed by atoms with E-state index in [1.807, 2.05) is 23.1 Å². The lowest BCUT2D eigenvalue weighted by Crippen LogP contribution is -2.44. The number of aromatic nitrogens is 2. The van der Waals surface area contributed by atoms with Gasteiger partial charge < -0.3 is 5.11 Å². The zero-order valence-corrected chi connectivity index (χ0v) is 16.3. The molecule has 29 heavy (non-hydrogen) atoms. The number of fused-ring (bicyclic) bond motifs is 1. The zero-order chi connectivity index (χ0) is 20.7. The highest BCUT2D eigenvalue weighted by atomic mass is 16.4. The van der Waals surface area contributed by atoms with Crippen LogP contribution in [0.1, 0.15) is 43.2 Å². The van der Waals surface area contributed by atoms with Crippen LogP contribution in [0.25, 0.3) is 11.0 Å². The molecule has 0 radical (unpaired) electrons. The van der Waals surface area contributed by atoms with Gasteiger partial charge in [0.15, 0.2) is 0 Å². The van der Waals surface area contributed by atoms with E-state index in [4.69, 9.17) is 5.11 Å². The number of carbonyl (C=O) groups excluding carboxylic acids is 2. The Balaban J connectivity index is 1.62. The molecule has 0 unspecified atom stereocenters. The molecular weight excluding hydrogens is 376 g/mol. The number of amides is 2. The van der Waals surface area contributed by atoms with Gasteiger partial charge in [-0.05, 0) is 56.0 Å². The molecule has 2 aliphatic rings. The quantitative estimate of drug-likeness (QED) is 0.726. The van der Waals surface area contributed by atoms with E-state index in [9.17, 15) is 19.2 Å². The summed E-state index contributed by atoms with van der Waals surface area (Å²) >= 11 is 0. The Labute approximate surface area is 166 Å².